The van der Waals surface area contributed by atoms with Crippen LogP contribution in [0.5, 0.6) is 5.75 Å². The summed E-state index contributed by atoms with van der Waals surface area (Å²) in [7, 11) is 4.19. The van der Waals surface area contributed by atoms with E-state index in [4.69, 9.17) is 10.5 Å². The van der Waals surface area contributed by atoms with Crippen LogP contribution in [-0.2, 0) is 0 Å². The zero-order chi connectivity index (χ0) is 17.2. The minimum atomic E-state index is -0.130. The van der Waals surface area contributed by atoms with Gasteiger partial charge in [-0.05, 0) is 45.0 Å². The second-order valence-electron chi connectivity index (χ2n) is 6.71. The number of aliphatic imine (C=N–C) groups is 1. The van der Waals surface area contributed by atoms with Crippen LogP contribution in [0.25, 0.3) is 0 Å². The summed E-state index contributed by atoms with van der Waals surface area (Å²) in [4.78, 5) is 9.21. The number of allylic oxidation sites excluding steroid dienone is 1. The minimum Gasteiger partial charge on any atom is -0.489 e. The lowest BCUT2D eigenvalue weighted by molar-refractivity contribution is 0.303. The number of amidine groups is 1. The maximum atomic E-state index is 6.26. The first kappa shape index (κ1) is 17.2. The largest absolute Gasteiger partial charge is 0.489 e. The zero-order valence-electron chi connectivity index (χ0n) is 14.7. The van der Waals surface area contributed by atoms with Gasteiger partial charge in [0.1, 0.15) is 18.2 Å². The molecule has 130 valence electrons. The maximum absolute atomic E-state index is 6.26. The van der Waals surface area contributed by atoms with Gasteiger partial charge >= 0.3 is 0 Å². The van der Waals surface area contributed by atoms with Gasteiger partial charge in [0.2, 0.25) is 0 Å². The fraction of sp³-hybridized carbons (Fsp3) is 0.500. The Balaban J connectivity index is 1.78. The van der Waals surface area contributed by atoms with Crippen molar-refractivity contribution in [1.82, 2.24) is 4.90 Å². The van der Waals surface area contributed by atoms with Gasteiger partial charge in [0.15, 0.2) is 0 Å². The highest BCUT2D eigenvalue weighted by molar-refractivity contribution is 8.04. The minimum absolute atomic E-state index is 0.130. The van der Waals surface area contributed by atoms with Crippen LogP contribution >= 0.6 is 11.8 Å². The molecule has 5 nitrogen and oxygen atoms in total. The first-order chi connectivity index (χ1) is 11.5. The Morgan fingerprint density at radius 2 is 2.29 bits per heavy atom. The first-order valence-electron chi connectivity index (χ1n) is 8.32. The predicted octanol–water partition coefficient (Wildman–Crippen LogP) is 2.85. The molecule has 1 aromatic carbocycles. The number of likely N-dealkylation sites (N-methyl/N-ethyl adjacent to an activating group) is 1. The molecule has 24 heavy (non-hydrogen) atoms. The van der Waals surface area contributed by atoms with Crippen LogP contribution in [-0.4, -0.2) is 55.8 Å². The Morgan fingerprint density at radius 1 is 1.46 bits per heavy atom. The number of nitrogens with zero attached hydrogens (tertiary/aromatic N) is 3. The van der Waals surface area contributed by atoms with Crippen LogP contribution < -0.4 is 15.4 Å². The van der Waals surface area contributed by atoms with E-state index >= 15 is 0 Å². The highest BCUT2D eigenvalue weighted by Gasteiger charge is 2.31. The van der Waals surface area contributed by atoms with Crippen molar-refractivity contribution in [1.29, 1.82) is 0 Å². The van der Waals surface area contributed by atoms with Gasteiger partial charge in [-0.2, -0.15) is 0 Å². The van der Waals surface area contributed by atoms with Crippen molar-refractivity contribution in [3.63, 3.8) is 0 Å². The number of thioether (sulfide) groups is 1. The molecular weight excluding hydrogens is 320 g/mol. The standard InChI is InChI=1S/C18H26N4OS/c1-18(7-4-12-24-18)17(19)20-14-5-6-15-16(13-14)23-11-10-22(15)9-8-21(2)3/h4-6,12-13H,7-11H2,1-3H3,(H2,19,20). The molecule has 2 aliphatic rings. The van der Waals surface area contributed by atoms with E-state index in [1.54, 1.807) is 11.8 Å². The van der Waals surface area contributed by atoms with Crippen molar-refractivity contribution in [3.8, 4) is 5.75 Å². The first-order valence-corrected chi connectivity index (χ1v) is 9.20. The van der Waals surface area contributed by atoms with Crippen molar-refractivity contribution in [2.24, 2.45) is 10.7 Å². The molecule has 0 saturated heterocycles. The number of anilines is 1. The van der Waals surface area contributed by atoms with Crippen LogP contribution in [0, 0.1) is 0 Å². The molecule has 0 spiro atoms. The van der Waals surface area contributed by atoms with Gasteiger partial charge < -0.3 is 20.3 Å². The summed E-state index contributed by atoms with van der Waals surface area (Å²) in [6.45, 7) is 5.78. The third-order valence-corrected chi connectivity index (χ3v) is 5.67. The van der Waals surface area contributed by atoms with Crippen LogP contribution in [0.4, 0.5) is 11.4 Å². The van der Waals surface area contributed by atoms with Crippen molar-refractivity contribution in [2.75, 3.05) is 45.2 Å². The average molecular weight is 346 g/mol. The van der Waals surface area contributed by atoms with E-state index in [0.29, 0.717) is 12.4 Å². The molecule has 2 heterocycles. The Hall–Kier alpha value is -1.66. The summed E-state index contributed by atoms with van der Waals surface area (Å²) < 4.78 is 5.72. The molecule has 0 aliphatic carbocycles. The fourth-order valence-corrected chi connectivity index (χ4v) is 3.68. The topological polar surface area (TPSA) is 54.1 Å². The number of fused-ring (bicyclic) bond motifs is 1. The number of hydrogen-bond donors (Lipinski definition) is 1. The van der Waals surface area contributed by atoms with Gasteiger partial charge in [0.05, 0.1) is 22.7 Å². The van der Waals surface area contributed by atoms with Crippen LogP contribution in [0.3, 0.4) is 0 Å². The second kappa shape index (κ2) is 7.07. The molecule has 0 bridgehead atoms. The normalized spacial score (nSPS) is 23.5. The van der Waals surface area contributed by atoms with Crippen molar-refractivity contribution in [3.05, 3.63) is 29.7 Å². The molecule has 6 heteroatoms. The molecule has 0 aromatic heterocycles. The summed E-state index contributed by atoms with van der Waals surface area (Å²) in [5.74, 6) is 1.56. The van der Waals surface area contributed by atoms with E-state index in [1.807, 2.05) is 12.1 Å². The number of ether oxygens (including phenoxy) is 1. The van der Waals surface area contributed by atoms with E-state index < -0.39 is 0 Å². The predicted molar refractivity (Wildman–Crippen MR) is 104 cm³/mol. The third-order valence-electron chi connectivity index (χ3n) is 4.44. The Morgan fingerprint density at radius 3 is 3.00 bits per heavy atom. The van der Waals surface area contributed by atoms with Crippen molar-refractivity contribution >= 4 is 29.0 Å². The number of rotatable bonds is 5. The summed E-state index contributed by atoms with van der Waals surface area (Å²) >= 11 is 1.73. The second-order valence-corrected chi connectivity index (χ2v) is 8.12. The maximum Gasteiger partial charge on any atom is 0.144 e. The monoisotopic (exact) mass is 346 g/mol. The molecule has 0 radical (unpaired) electrons. The molecule has 0 amide bonds. The van der Waals surface area contributed by atoms with Crippen LogP contribution in [0.2, 0.25) is 0 Å². The molecular formula is C18H26N4OS. The SMILES string of the molecule is CN(C)CCN1CCOc2cc(N=C(N)C3(C)CC=CS3)ccc21. The van der Waals surface area contributed by atoms with Crippen molar-refractivity contribution < 1.29 is 4.74 Å². The molecule has 3 rings (SSSR count). The fourth-order valence-electron chi connectivity index (χ4n) is 2.83. The number of hydrogen-bond acceptors (Lipinski definition) is 5. The lowest BCUT2D eigenvalue weighted by atomic mass is 10.1. The highest BCUT2D eigenvalue weighted by Crippen LogP contribution is 2.38. The van der Waals surface area contributed by atoms with Crippen molar-refractivity contribution in [2.45, 2.75) is 18.1 Å². The van der Waals surface area contributed by atoms with Gasteiger partial charge in [-0.25, -0.2) is 4.99 Å². The summed E-state index contributed by atoms with van der Waals surface area (Å²) in [6.07, 6.45) is 3.07. The Bertz CT molecular complexity index is 648. The highest BCUT2D eigenvalue weighted by atomic mass is 32.2. The van der Waals surface area contributed by atoms with E-state index in [9.17, 15) is 0 Å². The smallest absolute Gasteiger partial charge is 0.144 e. The molecule has 2 N–H and O–H groups in total. The lowest BCUT2D eigenvalue weighted by Crippen LogP contribution is -2.37. The summed E-state index contributed by atoms with van der Waals surface area (Å²) in [5, 5.41) is 2.10. The molecule has 1 aromatic rings. The molecule has 0 saturated carbocycles. The number of nitrogens with two attached hydrogens (primary N) is 1. The van der Waals surface area contributed by atoms with E-state index in [-0.39, 0.29) is 4.75 Å². The van der Waals surface area contributed by atoms with Crippen LogP contribution in [0.1, 0.15) is 13.3 Å². The molecule has 0 fully saturated rings. The van der Waals surface area contributed by atoms with Gasteiger partial charge in [0, 0.05) is 19.2 Å². The quantitative estimate of drug-likeness (QED) is 0.656. The molecule has 1 unspecified atom stereocenters. The third kappa shape index (κ3) is 3.70. The Kier molecular flexibility index (Phi) is 5.06. The van der Waals surface area contributed by atoms with Gasteiger partial charge in [-0.1, -0.05) is 6.08 Å². The van der Waals surface area contributed by atoms with Gasteiger partial charge in [0.25, 0.3) is 0 Å². The Labute approximate surface area is 148 Å². The van der Waals surface area contributed by atoms with E-state index in [2.05, 4.69) is 53.4 Å². The van der Waals surface area contributed by atoms with E-state index in [0.717, 1.165) is 43.2 Å². The average Bonchev–Trinajstić information content (AvgIpc) is 3.00. The summed E-state index contributed by atoms with van der Waals surface area (Å²) in [6, 6.07) is 6.12. The molecule has 2 aliphatic heterocycles. The van der Waals surface area contributed by atoms with E-state index in [1.165, 1.54) is 0 Å². The zero-order valence-corrected chi connectivity index (χ0v) is 15.5. The lowest BCUT2D eigenvalue weighted by Gasteiger charge is -2.32. The molecule has 1 atom stereocenters. The summed E-state index contributed by atoms with van der Waals surface area (Å²) in [5.41, 5.74) is 8.26. The number of benzene rings is 1. The van der Waals surface area contributed by atoms with Crippen LogP contribution in [0.15, 0.2) is 34.7 Å². The van der Waals surface area contributed by atoms with Gasteiger partial charge in [-0.15, -0.1) is 11.8 Å². The van der Waals surface area contributed by atoms with Gasteiger partial charge in [-0.3, -0.25) is 0 Å².